The molecule has 0 aliphatic heterocycles. The molecule has 0 aliphatic carbocycles. The molecular formula is C12H23NO2. The largest absolute Gasteiger partial charge is 0.391 e. The Morgan fingerprint density at radius 3 is 2.27 bits per heavy atom. The summed E-state index contributed by atoms with van der Waals surface area (Å²) in [5.41, 5.74) is 0.0469. The summed E-state index contributed by atoms with van der Waals surface area (Å²) in [6.45, 7) is 12.1. The summed E-state index contributed by atoms with van der Waals surface area (Å²) in [5, 5.41) is 8.90. The Morgan fingerprint density at radius 2 is 1.93 bits per heavy atom. The number of rotatable bonds is 5. The maximum atomic E-state index is 11.9. The third-order valence-electron chi connectivity index (χ3n) is 2.28. The minimum Gasteiger partial charge on any atom is -0.391 e. The maximum absolute atomic E-state index is 11.9. The maximum Gasteiger partial charge on any atom is 0.251 e. The van der Waals surface area contributed by atoms with E-state index >= 15 is 0 Å². The van der Waals surface area contributed by atoms with Crippen molar-refractivity contribution in [1.29, 1.82) is 0 Å². The molecule has 0 rings (SSSR count). The molecule has 0 unspecified atom stereocenters. The summed E-state index contributed by atoms with van der Waals surface area (Å²) in [4.78, 5) is 13.7. The minimum absolute atomic E-state index is 0.140. The summed E-state index contributed by atoms with van der Waals surface area (Å²) >= 11 is 0. The van der Waals surface area contributed by atoms with Crippen molar-refractivity contribution in [2.45, 2.75) is 46.1 Å². The van der Waals surface area contributed by atoms with E-state index in [0.717, 1.165) is 19.4 Å². The van der Waals surface area contributed by atoms with E-state index in [1.807, 2.05) is 20.8 Å². The van der Waals surface area contributed by atoms with Gasteiger partial charge in [-0.25, -0.2) is 0 Å². The fourth-order valence-electron chi connectivity index (χ4n) is 1.32. The number of hydrogen-bond acceptors (Lipinski definition) is 2. The van der Waals surface area contributed by atoms with Crippen LogP contribution in [0.3, 0.4) is 0 Å². The molecule has 0 atom stereocenters. The van der Waals surface area contributed by atoms with Gasteiger partial charge in [0.2, 0.25) is 0 Å². The molecule has 0 radical (unpaired) electrons. The molecule has 0 aromatic carbocycles. The van der Waals surface area contributed by atoms with Gasteiger partial charge in [-0.3, -0.25) is 4.79 Å². The van der Waals surface area contributed by atoms with Crippen molar-refractivity contribution in [3.8, 4) is 0 Å². The van der Waals surface area contributed by atoms with Crippen molar-refractivity contribution in [1.82, 2.24) is 4.90 Å². The van der Waals surface area contributed by atoms with Crippen molar-refractivity contribution in [3.63, 3.8) is 0 Å². The van der Waals surface area contributed by atoms with Crippen LogP contribution in [0.25, 0.3) is 0 Å². The zero-order valence-electron chi connectivity index (χ0n) is 10.3. The van der Waals surface area contributed by atoms with Crippen LogP contribution in [-0.2, 0) is 4.79 Å². The first kappa shape index (κ1) is 14.2. The molecule has 0 saturated heterocycles. The molecule has 0 heterocycles. The van der Waals surface area contributed by atoms with Gasteiger partial charge in [0.05, 0.1) is 6.61 Å². The van der Waals surface area contributed by atoms with Crippen LogP contribution in [0, 0.1) is 0 Å². The molecule has 0 fully saturated rings. The molecule has 0 bridgehead atoms. The van der Waals surface area contributed by atoms with E-state index in [4.69, 9.17) is 5.11 Å². The Bertz CT molecular complexity index is 228. The lowest BCUT2D eigenvalue weighted by molar-refractivity contribution is -0.132. The molecule has 3 nitrogen and oxygen atoms in total. The zero-order chi connectivity index (χ0) is 12.1. The van der Waals surface area contributed by atoms with Gasteiger partial charge in [0.1, 0.15) is 0 Å². The summed E-state index contributed by atoms with van der Waals surface area (Å²) in [6.07, 6.45) is 2.02. The second-order valence-electron chi connectivity index (χ2n) is 4.74. The van der Waals surface area contributed by atoms with Crippen molar-refractivity contribution in [2.75, 3.05) is 13.2 Å². The monoisotopic (exact) mass is 213 g/mol. The highest BCUT2D eigenvalue weighted by Gasteiger charge is 2.26. The number of amides is 1. The average Bonchev–Trinajstić information content (AvgIpc) is 2.14. The first-order valence-corrected chi connectivity index (χ1v) is 5.45. The lowest BCUT2D eigenvalue weighted by Crippen LogP contribution is -2.47. The Morgan fingerprint density at radius 1 is 1.40 bits per heavy atom. The topological polar surface area (TPSA) is 40.5 Å². The standard InChI is InChI=1S/C12H23NO2/c1-6-7-8-13(12(3,4)5)11(15)10(2)9-14/h14H,2,6-9H2,1,3-5H3. The Labute approximate surface area is 92.8 Å². The second-order valence-corrected chi connectivity index (χ2v) is 4.74. The fraction of sp³-hybridized carbons (Fsp3) is 0.750. The normalized spacial score (nSPS) is 11.3. The number of aliphatic hydroxyl groups is 1. The molecule has 0 aromatic rings. The quantitative estimate of drug-likeness (QED) is 0.709. The van der Waals surface area contributed by atoms with Gasteiger partial charge in [0.25, 0.3) is 5.91 Å². The van der Waals surface area contributed by atoms with Crippen LogP contribution >= 0.6 is 0 Å². The summed E-state index contributed by atoms with van der Waals surface area (Å²) < 4.78 is 0. The molecule has 0 saturated carbocycles. The third kappa shape index (κ3) is 4.47. The first-order chi connectivity index (χ1) is 6.84. The molecular weight excluding hydrogens is 190 g/mol. The van der Waals surface area contributed by atoms with E-state index in [9.17, 15) is 4.79 Å². The van der Waals surface area contributed by atoms with Gasteiger partial charge >= 0.3 is 0 Å². The number of unbranched alkanes of at least 4 members (excludes halogenated alkanes) is 1. The van der Waals surface area contributed by atoms with E-state index < -0.39 is 0 Å². The van der Waals surface area contributed by atoms with Crippen molar-refractivity contribution >= 4 is 5.91 Å². The van der Waals surface area contributed by atoms with Crippen LogP contribution < -0.4 is 0 Å². The highest BCUT2D eigenvalue weighted by Crippen LogP contribution is 2.16. The lowest BCUT2D eigenvalue weighted by atomic mass is 10.0. The van der Waals surface area contributed by atoms with E-state index in [1.54, 1.807) is 4.90 Å². The average molecular weight is 213 g/mol. The SMILES string of the molecule is C=C(CO)C(=O)N(CCCC)C(C)(C)C. The molecule has 3 heteroatoms. The van der Waals surface area contributed by atoms with Crippen LogP contribution in [0.15, 0.2) is 12.2 Å². The van der Waals surface area contributed by atoms with Crippen LogP contribution in [-0.4, -0.2) is 34.6 Å². The van der Waals surface area contributed by atoms with Crippen LogP contribution in [0.4, 0.5) is 0 Å². The van der Waals surface area contributed by atoms with Crippen LogP contribution in [0.2, 0.25) is 0 Å². The number of hydrogen-bond donors (Lipinski definition) is 1. The van der Waals surface area contributed by atoms with Crippen molar-refractivity contribution in [3.05, 3.63) is 12.2 Å². The fourth-order valence-corrected chi connectivity index (χ4v) is 1.32. The number of carbonyl (C=O) groups is 1. The predicted octanol–water partition coefficient (Wildman–Crippen LogP) is 1.96. The molecule has 0 aromatic heterocycles. The molecule has 15 heavy (non-hydrogen) atoms. The summed E-state index contributed by atoms with van der Waals surface area (Å²) in [7, 11) is 0. The predicted molar refractivity (Wildman–Crippen MR) is 62.6 cm³/mol. The third-order valence-corrected chi connectivity index (χ3v) is 2.28. The highest BCUT2D eigenvalue weighted by atomic mass is 16.3. The minimum atomic E-state index is -0.266. The second kappa shape index (κ2) is 5.91. The number of nitrogens with zero attached hydrogens (tertiary/aromatic N) is 1. The van der Waals surface area contributed by atoms with Gasteiger partial charge in [-0.1, -0.05) is 19.9 Å². The van der Waals surface area contributed by atoms with Crippen LogP contribution in [0.1, 0.15) is 40.5 Å². The number of aliphatic hydroxyl groups excluding tert-OH is 1. The summed E-state index contributed by atoms with van der Waals surface area (Å²) in [5.74, 6) is -0.140. The molecule has 1 amide bonds. The van der Waals surface area contributed by atoms with E-state index in [0.29, 0.717) is 0 Å². The van der Waals surface area contributed by atoms with Gasteiger partial charge in [0, 0.05) is 17.7 Å². The van der Waals surface area contributed by atoms with Crippen molar-refractivity contribution in [2.24, 2.45) is 0 Å². The molecule has 1 N–H and O–H groups in total. The van der Waals surface area contributed by atoms with Gasteiger partial charge in [-0.15, -0.1) is 0 Å². The van der Waals surface area contributed by atoms with Gasteiger partial charge in [-0.05, 0) is 27.2 Å². The van der Waals surface area contributed by atoms with Gasteiger partial charge in [0.15, 0.2) is 0 Å². The van der Waals surface area contributed by atoms with E-state index in [-0.39, 0.29) is 23.6 Å². The van der Waals surface area contributed by atoms with Crippen LogP contribution in [0.5, 0.6) is 0 Å². The molecule has 0 spiro atoms. The Balaban J connectivity index is 4.63. The molecule has 88 valence electrons. The zero-order valence-corrected chi connectivity index (χ0v) is 10.3. The Kier molecular flexibility index (Phi) is 5.58. The van der Waals surface area contributed by atoms with Gasteiger partial charge in [-0.2, -0.15) is 0 Å². The summed E-state index contributed by atoms with van der Waals surface area (Å²) in [6, 6.07) is 0. The molecule has 0 aliphatic rings. The highest BCUT2D eigenvalue weighted by molar-refractivity contribution is 5.93. The van der Waals surface area contributed by atoms with Gasteiger partial charge < -0.3 is 10.0 Å². The first-order valence-electron chi connectivity index (χ1n) is 5.45. The lowest BCUT2D eigenvalue weighted by Gasteiger charge is -2.36. The van der Waals surface area contributed by atoms with E-state index in [1.165, 1.54) is 0 Å². The smallest absolute Gasteiger partial charge is 0.251 e. The Hall–Kier alpha value is -0.830. The van der Waals surface area contributed by atoms with E-state index in [2.05, 4.69) is 13.5 Å². The number of carbonyl (C=O) groups excluding carboxylic acids is 1. The van der Waals surface area contributed by atoms with Crippen molar-refractivity contribution < 1.29 is 9.90 Å².